The van der Waals surface area contributed by atoms with E-state index < -0.39 is 0 Å². The molecule has 4 nitrogen and oxygen atoms in total. The van der Waals surface area contributed by atoms with E-state index >= 15 is 0 Å². The summed E-state index contributed by atoms with van der Waals surface area (Å²) >= 11 is 0. The van der Waals surface area contributed by atoms with Gasteiger partial charge >= 0.3 is 0 Å². The molecule has 88 valence electrons. The highest BCUT2D eigenvalue weighted by molar-refractivity contribution is 5.53. The summed E-state index contributed by atoms with van der Waals surface area (Å²) in [5, 5.41) is 3.43. The van der Waals surface area contributed by atoms with E-state index in [9.17, 15) is 0 Å². The van der Waals surface area contributed by atoms with E-state index in [0.29, 0.717) is 18.5 Å². The molecule has 1 saturated heterocycles. The normalized spacial score (nSPS) is 24.4. The average molecular weight is 222 g/mol. The lowest BCUT2D eigenvalue weighted by atomic mass is 10.1. The summed E-state index contributed by atoms with van der Waals surface area (Å²) in [6, 6.07) is 4.25. The standard InChI is InChI=1S/C12H18N2O2/c1-3-15-12-11(5-4-7-13-12)14-10-6-8-16-9(10)2/h4-5,7,9-10,14H,3,6,8H2,1-2H3. The van der Waals surface area contributed by atoms with Gasteiger partial charge in [0.05, 0.1) is 24.4 Å². The van der Waals surface area contributed by atoms with Gasteiger partial charge < -0.3 is 14.8 Å². The molecule has 1 aromatic rings. The summed E-state index contributed by atoms with van der Waals surface area (Å²) in [4.78, 5) is 4.21. The van der Waals surface area contributed by atoms with Gasteiger partial charge in [-0.2, -0.15) is 0 Å². The van der Waals surface area contributed by atoms with Crippen molar-refractivity contribution in [3.8, 4) is 5.88 Å². The van der Waals surface area contributed by atoms with Crippen LogP contribution in [0.2, 0.25) is 0 Å². The molecule has 0 radical (unpaired) electrons. The molecule has 1 aliphatic heterocycles. The fourth-order valence-electron chi connectivity index (χ4n) is 1.87. The molecule has 2 rings (SSSR count). The van der Waals surface area contributed by atoms with E-state index in [4.69, 9.17) is 9.47 Å². The first-order chi connectivity index (χ1) is 7.81. The van der Waals surface area contributed by atoms with Crippen LogP contribution in [-0.2, 0) is 4.74 Å². The lowest BCUT2D eigenvalue weighted by molar-refractivity contribution is 0.121. The van der Waals surface area contributed by atoms with Gasteiger partial charge in [-0.3, -0.25) is 0 Å². The van der Waals surface area contributed by atoms with Crippen LogP contribution in [0.3, 0.4) is 0 Å². The zero-order valence-corrected chi connectivity index (χ0v) is 9.77. The molecular formula is C12H18N2O2. The van der Waals surface area contributed by atoms with E-state index in [1.54, 1.807) is 6.20 Å². The highest BCUT2D eigenvalue weighted by Gasteiger charge is 2.24. The Kier molecular flexibility index (Phi) is 3.62. The molecule has 0 saturated carbocycles. The van der Waals surface area contributed by atoms with Crippen molar-refractivity contribution in [3.63, 3.8) is 0 Å². The second-order valence-corrected chi connectivity index (χ2v) is 3.90. The first-order valence-corrected chi connectivity index (χ1v) is 5.77. The average Bonchev–Trinajstić information content (AvgIpc) is 2.68. The Morgan fingerprint density at radius 1 is 1.62 bits per heavy atom. The largest absolute Gasteiger partial charge is 0.476 e. The van der Waals surface area contributed by atoms with Crippen LogP contribution in [0.1, 0.15) is 20.3 Å². The Labute approximate surface area is 96.0 Å². The maximum Gasteiger partial charge on any atom is 0.237 e. The molecule has 2 heterocycles. The van der Waals surface area contributed by atoms with Crippen molar-refractivity contribution < 1.29 is 9.47 Å². The van der Waals surface area contributed by atoms with E-state index in [-0.39, 0.29) is 6.10 Å². The maximum atomic E-state index is 5.51. The molecule has 0 bridgehead atoms. The molecule has 1 aromatic heterocycles. The molecule has 0 aromatic carbocycles. The van der Waals surface area contributed by atoms with Crippen LogP contribution < -0.4 is 10.1 Å². The lowest BCUT2D eigenvalue weighted by Crippen LogP contribution is -2.27. The van der Waals surface area contributed by atoms with Crippen LogP contribution in [-0.4, -0.2) is 30.3 Å². The number of nitrogens with one attached hydrogen (secondary N) is 1. The summed E-state index contributed by atoms with van der Waals surface area (Å²) < 4.78 is 11.0. The van der Waals surface area contributed by atoms with Gasteiger partial charge in [-0.1, -0.05) is 0 Å². The van der Waals surface area contributed by atoms with Crippen molar-refractivity contribution in [2.45, 2.75) is 32.4 Å². The molecule has 0 aliphatic carbocycles. The molecule has 4 heteroatoms. The predicted molar refractivity (Wildman–Crippen MR) is 62.8 cm³/mol. The Balaban J connectivity index is 2.07. The number of nitrogens with zero attached hydrogens (tertiary/aromatic N) is 1. The van der Waals surface area contributed by atoms with Crippen molar-refractivity contribution in [2.75, 3.05) is 18.5 Å². The fraction of sp³-hybridized carbons (Fsp3) is 0.583. The SMILES string of the molecule is CCOc1ncccc1NC1CCOC1C. The van der Waals surface area contributed by atoms with Crippen molar-refractivity contribution >= 4 is 5.69 Å². The van der Waals surface area contributed by atoms with Gasteiger partial charge in [0.1, 0.15) is 0 Å². The lowest BCUT2D eigenvalue weighted by Gasteiger charge is -2.18. The summed E-state index contributed by atoms with van der Waals surface area (Å²) in [6.07, 6.45) is 3.02. The third-order valence-electron chi connectivity index (χ3n) is 2.77. The smallest absolute Gasteiger partial charge is 0.237 e. The van der Waals surface area contributed by atoms with E-state index in [2.05, 4.69) is 17.2 Å². The second-order valence-electron chi connectivity index (χ2n) is 3.90. The Morgan fingerprint density at radius 2 is 2.50 bits per heavy atom. The van der Waals surface area contributed by atoms with E-state index in [0.717, 1.165) is 18.7 Å². The molecule has 2 atom stereocenters. The first-order valence-electron chi connectivity index (χ1n) is 5.77. The number of rotatable bonds is 4. The number of hydrogen-bond acceptors (Lipinski definition) is 4. The van der Waals surface area contributed by atoms with Crippen LogP contribution in [0.4, 0.5) is 5.69 Å². The third-order valence-corrected chi connectivity index (χ3v) is 2.77. The summed E-state index contributed by atoms with van der Waals surface area (Å²) in [5.74, 6) is 0.670. The molecule has 1 fully saturated rings. The summed E-state index contributed by atoms with van der Waals surface area (Å²) in [7, 11) is 0. The van der Waals surface area contributed by atoms with Crippen molar-refractivity contribution in [2.24, 2.45) is 0 Å². The van der Waals surface area contributed by atoms with Crippen molar-refractivity contribution in [1.29, 1.82) is 0 Å². The molecule has 1 aliphatic rings. The van der Waals surface area contributed by atoms with Gasteiger partial charge in [-0.15, -0.1) is 0 Å². The van der Waals surface area contributed by atoms with Crippen LogP contribution in [0, 0.1) is 0 Å². The molecule has 0 spiro atoms. The van der Waals surface area contributed by atoms with Gasteiger partial charge in [0, 0.05) is 12.8 Å². The Bertz CT molecular complexity index is 344. The quantitative estimate of drug-likeness (QED) is 0.847. The zero-order chi connectivity index (χ0) is 11.4. The monoisotopic (exact) mass is 222 g/mol. The van der Waals surface area contributed by atoms with Gasteiger partial charge in [-0.05, 0) is 32.4 Å². The summed E-state index contributed by atoms with van der Waals surface area (Å²) in [6.45, 7) is 5.49. The number of hydrogen-bond donors (Lipinski definition) is 1. The highest BCUT2D eigenvalue weighted by Crippen LogP contribution is 2.25. The van der Waals surface area contributed by atoms with Gasteiger partial charge in [0.25, 0.3) is 0 Å². The minimum atomic E-state index is 0.245. The zero-order valence-electron chi connectivity index (χ0n) is 9.77. The van der Waals surface area contributed by atoms with Crippen LogP contribution in [0.25, 0.3) is 0 Å². The van der Waals surface area contributed by atoms with Crippen molar-refractivity contribution in [3.05, 3.63) is 18.3 Å². The Morgan fingerprint density at radius 3 is 3.19 bits per heavy atom. The number of aromatic nitrogens is 1. The minimum absolute atomic E-state index is 0.245. The third kappa shape index (κ3) is 2.44. The van der Waals surface area contributed by atoms with Crippen LogP contribution >= 0.6 is 0 Å². The first kappa shape index (κ1) is 11.2. The molecule has 1 N–H and O–H groups in total. The molecule has 0 amide bonds. The minimum Gasteiger partial charge on any atom is -0.476 e. The molecular weight excluding hydrogens is 204 g/mol. The van der Waals surface area contributed by atoms with Crippen molar-refractivity contribution in [1.82, 2.24) is 4.98 Å². The fourth-order valence-corrected chi connectivity index (χ4v) is 1.87. The van der Waals surface area contributed by atoms with Gasteiger partial charge in [0.2, 0.25) is 5.88 Å². The van der Waals surface area contributed by atoms with E-state index in [1.165, 1.54) is 0 Å². The number of ether oxygens (including phenoxy) is 2. The van der Waals surface area contributed by atoms with Crippen LogP contribution in [0.15, 0.2) is 18.3 Å². The maximum absolute atomic E-state index is 5.51. The number of anilines is 1. The van der Waals surface area contributed by atoms with Gasteiger partial charge in [-0.25, -0.2) is 4.98 Å². The molecule has 16 heavy (non-hydrogen) atoms. The second kappa shape index (κ2) is 5.16. The topological polar surface area (TPSA) is 43.4 Å². The predicted octanol–water partition coefficient (Wildman–Crippen LogP) is 2.07. The Hall–Kier alpha value is -1.29. The highest BCUT2D eigenvalue weighted by atomic mass is 16.5. The van der Waals surface area contributed by atoms with Gasteiger partial charge in [0.15, 0.2) is 0 Å². The number of pyridine rings is 1. The summed E-state index contributed by atoms with van der Waals surface area (Å²) in [5.41, 5.74) is 0.951. The molecule has 2 unspecified atom stereocenters. The van der Waals surface area contributed by atoms with E-state index in [1.807, 2.05) is 19.1 Å². The van der Waals surface area contributed by atoms with Crippen LogP contribution in [0.5, 0.6) is 5.88 Å².